The lowest BCUT2D eigenvalue weighted by atomic mass is 10.2. The maximum atomic E-state index is 12.8. The Morgan fingerprint density at radius 1 is 1.07 bits per heavy atom. The number of pyridine rings is 1. The Balaban J connectivity index is 1.45. The summed E-state index contributed by atoms with van der Waals surface area (Å²) in [6.45, 7) is 2.94. The van der Waals surface area contributed by atoms with E-state index in [4.69, 9.17) is 10.00 Å². The van der Waals surface area contributed by atoms with Crippen LogP contribution in [0.4, 0.5) is 22.9 Å². The van der Waals surface area contributed by atoms with Crippen LogP contribution in [0.2, 0.25) is 0 Å². The monoisotopic (exact) mass is 399 g/mol. The second kappa shape index (κ2) is 9.07. The summed E-state index contributed by atoms with van der Waals surface area (Å²) in [7, 11) is 0. The van der Waals surface area contributed by atoms with Crippen LogP contribution in [0.15, 0.2) is 66.9 Å². The van der Waals surface area contributed by atoms with Gasteiger partial charge in [0.2, 0.25) is 0 Å². The van der Waals surface area contributed by atoms with E-state index in [0.717, 1.165) is 30.2 Å². The van der Waals surface area contributed by atoms with E-state index >= 15 is 0 Å². The third-order valence-electron chi connectivity index (χ3n) is 4.79. The number of benzene rings is 2. The Morgan fingerprint density at radius 3 is 2.67 bits per heavy atom. The van der Waals surface area contributed by atoms with Gasteiger partial charge in [-0.3, -0.25) is 4.79 Å². The Hall–Kier alpha value is -3.89. The van der Waals surface area contributed by atoms with Gasteiger partial charge in [0.1, 0.15) is 5.82 Å². The van der Waals surface area contributed by atoms with Gasteiger partial charge in [0, 0.05) is 25.0 Å². The molecule has 0 saturated carbocycles. The summed E-state index contributed by atoms with van der Waals surface area (Å²) in [5.41, 5.74) is 3.54. The maximum absolute atomic E-state index is 12.8. The molecular formula is C23H21N5O2. The van der Waals surface area contributed by atoms with E-state index in [1.165, 1.54) is 6.20 Å². The summed E-state index contributed by atoms with van der Waals surface area (Å²) in [5, 5.41) is 15.1. The van der Waals surface area contributed by atoms with Gasteiger partial charge in [-0.15, -0.1) is 0 Å². The lowest BCUT2D eigenvalue weighted by Crippen LogP contribution is -2.36. The zero-order valence-electron chi connectivity index (χ0n) is 16.3. The third-order valence-corrected chi connectivity index (χ3v) is 4.79. The number of morpholine rings is 1. The maximum Gasteiger partial charge on any atom is 0.257 e. The summed E-state index contributed by atoms with van der Waals surface area (Å²) in [6.07, 6.45) is 1.53. The molecule has 7 heteroatoms. The molecule has 0 spiro atoms. The van der Waals surface area contributed by atoms with Gasteiger partial charge in [0.15, 0.2) is 0 Å². The van der Waals surface area contributed by atoms with E-state index in [2.05, 4.69) is 26.6 Å². The average Bonchev–Trinajstić information content (AvgIpc) is 2.80. The van der Waals surface area contributed by atoms with Crippen LogP contribution in [0.5, 0.6) is 0 Å². The van der Waals surface area contributed by atoms with Crippen molar-refractivity contribution in [1.82, 2.24) is 4.98 Å². The summed E-state index contributed by atoms with van der Waals surface area (Å²) in [5.74, 6) is 0.372. The fourth-order valence-corrected chi connectivity index (χ4v) is 3.27. The molecule has 3 aromatic rings. The molecule has 150 valence electrons. The number of nitrogens with one attached hydrogen (secondary N) is 2. The van der Waals surface area contributed by atoms with Gasteiger partial charge in [-0.25, -0.2) is 4.98 Å². The van der Waals surface area contributed by atoms with Crippen LogP contribution in [0.25, 0.3) is 0 Å². The number of anilines is 4. The number of hydrogen-bond acceptors (Lipinski definition) is 6. The Bertz CT molecular complexity index is 1070. The van der Waals surface area contributed by atoms with Crippen LogP contribution < -0.4 is 15.5 Å². The molecule has 0 bridgehead atoms. The van der Waals surface area contributed by atoms with Crippen LogP contribution in [0.1, 0.15) is 15.9 Å². The van der Waals surface area contributed by atoms with Crippen LogP contribution in [-0.4, -0.2) is 37.2 Å². The predicted octanol–water partition coefficient (Wildman–Crippen LogP) is 3.79. The fraction of sp³-hybridized carbons (Fsp3) is 0.174. The minimum Gasteiger partial charge on any atom is -0.378 e. The fourth-order valence-electron chi connectivity index (χ4n) is 3.27. The molecule has 1 fully saturated rings. The highest BCUT2D eigenvalue weighted by Gasteiger charge is 2.16. The first-order valence-electron chi connectivity index (χ1n) is 9.69. The lowest BCUT2D eigenvalue weighted by Gasteiger charge is -2.30. The molecule has 1 aliphatic rings. The van der Waals surface area contributed by atoms with E-state index in [1.807, 2.05) is 30.3 Å². The second-order valence-corrected chi connectivity index (χ2v) is 6.82. The quantitative estimate of drug-likeness (QED) is 0.678. The molecule has 4 rings (SSSR count). The number of nitriles is 1. The molecule has 2 N–H and O–H groups in total. The average molecular weight is 399 g/mol. The van der Waals surface area contributed by atoms with Crippen LogP contribution in [0.3, 0.4) is 0 Å². The lowest BCUT2D eigenvalue weighted by molar-refractivity contribution is 0.102. The highest BCUT2D eigenvalue weighted by molar-refractivity contribution is 6.05. The van der Waals surface area contributed by atoms with Crippen molar-refractivity contribution in [2.24, 2.45) is 0 Å². The molecule has 1 amide bonds. The van der Waals surface area contributed by atoms with Gasteiger partial charge >= 0.3 is 0 Å². The highest BCUT2D eigenvalue weighted by atomic mass is 16.5. The van der Waals surface area contributed by atoms with E-state index in [0.29, 0.717) is 30.2 Å². The van der Waals surface area contributed by atoms with Crippen molar-refractivity contribution in [3.63, 3.8) is 0 Å². The SMILES string of the molecule is N#Cc1cccc(Nc2ccc(C(=O)Nc3ccccc3N3CCOCC3)cn2)c1. The number of ether oxygens (including phenoxy) is 1. The molecule has 1 saturated heterocycles. The Morgan fingerprint density at radius 2 is 1.90 bits per heavy atom. The second-order valence-electron chi connectivity index (χ2n) is 6.82. The smallest absolute Gasteiger partial charge is 0.257 e. The number of amides is 1. The molecule has 0 atom stereocenters. The van der Waals surface area contributed by atoms with Crippen molar-refractivity contribution in [2.45, 2.75) is 0 Å². The zero-order chi connectivity index (χ0) is 20.8. The highest BCUT2D eigenvalue weighted by Crippen LogP contribution is 2.27. The van der Waals surface area contributed by atoms with E-state index in [9.17, 15) is 4.79 Å². The largest absolute Gasteiger partial charge is 0.378 e. The minimum atomic E-state index is -0.221. The number of para-hydroxylation sites is 2. The standard InChI is InChI=1S/C23H21N5O2/c24-15-17-4-3-5-19(14-17)26-22-9-8-18(16-25-22)23(29)27-20-6-1-2-7-21(20)28-10-12-30-13-11-28/h1-9,14,16H,10-13H2,(H,25,26)(H,27,29). The van der Waals surface area contributed by atoms with Crippen LogP contribution in [0, 0.1) is 11.3 Å². The van der Waals surface area contributed by atoms with Gasteiger partial charge in [-0.1, -0.05) is 18.2 Å². The van der Waals surface area contributed by atoms with E-state index in [-0.39, 0.29) is 5.91 Å². The van der Waals surface area contributed by atoms with E-state index in [1.54, 1.807) is 30.3 Å². The van der Waals surface area contributed by atoms with Gasteiger partial charge in [0.05, 0.1) is 41.8 Å². The first-order valence-corrected chi connectivity index (χ1v) is 9.69. The van der Waals surface area contributed by atoms with Crippen molar-refractivity contribution >= 4 is 28.8 Å². The summed E-state index contributed by atoms with van der Waals surface area (Å²) >= 11 is 0. The summed E-state index contributed by atoms with van der Waals surface area (Å²) < 4.78 is 5.42. The first kappa shape index (κ1) is 19.4. The molecular weight excluding hydrogens is 378 g/mol. The normalized spacial score (nSPS) is 13.4. The Labute approximate surface area is 174 Å². The van der Waals surface area contributed by atoms with Gasteiger partial charge < -0.3 is 20.3 Å². The zero-order valence-corrected chi connectivity index (χ0v) is 16.3. The van der Waals surface area contributed by atoms with Crippen molar-refractivity contribution < 1.29 is 9.53 Å². The molecule has 1 aliphatic heterocycles. The van der Waals surface area contributed by atoms with Crippen molar-refractivity contribution in [2.75, 3.05) is 41.8 Å². The number of nitrogens with zero attached hydrogens (tertiary/aromatic N) is 3. The number of hydrogen-bond donors (Lipinski definition) is 2. The molecule has 1 aromatic heterocycles. The van der Waals surface area contributed by atoms with Crippen LogP contribution >= 0.6 is 0 Å². The van der Waals surface area contributed by atoms with Gasteiger partial charge in [-0.2, -0.15) is 5.26 Å². The molecule has 0 radical (unpaired) electrons. The molecule has 2 heterocycles. The molecule has 7 nitrogen and oxygen atoms in total. The van der Waals surface area contributed by atoms with Crippen LogP contribution in [-0.2, 0) is 4.74 Å². The molecule has 2 aromatic carbocycles. The van der Waals surface area contributed by atoms with Gasteiger partial charge in [-0.05, 0) is 42.5 Å². The molecule has 30 heavy (non-hydrogen) atoms. The molecule has 0 unspecified atom stereocenters. The van der Waals surface area contributed by atoms with Crippen molar-refractivity contribution in [3.8, 4) is 6.07 Å². The topological polar surface area (TPSA) is 90.3 Å². The predicted molar refractivity (Wildman–Crippen MR) is 116 cm³/mol. The van der Waals surface area contributed by atoms with Crippen molar-refractivity contribution in [1.29, 1.82) is 5.26 Å². The summed E-state index contributed by atoms with van der Waals surface area (Å²) in [6, 6.07) is 20.5. The number of carbonyl (C=O) groups is 1. The van der Waals surface area contributed by atoms with Crippen molar-refractivity contribution in [3.05, 3.63) is 78.0 Å². The number of rotatable bonds is 5. The number of carbonyl (C=O) groups excluding carboxylic acids is 1. The minimum absolute atomic E-state index is 0.221. The summed E-state index contributed by atoms with van der Waals surface area (Å²) in [4.78, 5) is 19.3. The number of aromatic nitrogens is 1. The van der Waals surface area contributed by atoms with Gasteiger partial charge in [0.25, 0.3) is 5.91 Å². The third kappa shape index (κ3) is 4.57. The van der Waals surface area contributed by atoms with E-state index < -0.39 is 0 Å². The first-order chi connectivity index (χ1) is 14.7. The molecule has 0 aliphatic carbocycles. The Kier molecular flexibility index (Phi) is 5.88.